The van der Waals surface area contributed by atoms with Gasteiger partial charge < -0.3 is 5.32 Å². The Morgan fingerprint density at radius 3 is 2.41 bits per heavy atom. The van der Waals surface area contributed by atoms with Gasteiger partial charge in [-0.25, -0.2) is 0 Å². The van der Waals surface area contributed by atoms with Crippen molar-refractivity contribution in [2.45, 2.75) is 44.6 Å². The number of benzene rings is 1. The van der Waals surface area contributed by atoms with Gasteiger partial charge in [-0.3, -0.25) is 0 Å². The fourth-order valence-electron chi connectivity index (χ4n) is 3.12. The van der Waals surface area contributed by atoms with Crippen LogP contribution in [0.15, 0.2) is 42.5 Å². The minimum Gasteiger partial charge on any atom is -0.310 e. The van der Waals surface area contributed by atoms with E-state index in [4.69, 9.17) is 0 Å². The van der Waals surface area contributed by atoms with E-state index in [2.05, 4.69) is 56.1 Å². The van der Waals surface area contributed by atoms with Crippen molar-refractivity contribution in [3.05, 3.63) is 48.0 Å². The van der Waals surface area contributed by atoms with E-state index >= 15 is 0 Å². The highest BCUT2D eigenvalue weighted by Gasteiger charge is 2.45. The first-order valence-electron chi connectivity index (χ1n) is 6.65. The lowest BCUT2D eigenvalue weighted by Crippen LogP contribution is -2.53. The van der Waals surface area contributed by atoms with Crippen molar-refractivity contribution < 1.29 is 0 Å². The van der Waals surface area contributed by atoms with E-state index in [0.29, 0.717) is 11.5 Å². The highest BCUT2D eigenvalue weighted by molar-refractivity contribution is 5.34. The predicted octanol–water partition coefficient (Wildman–Crippen LogP) is 3.66. The Morgan fingerprint density at radius 2 is 2.00 bits per heavy atom. The van der Waals surface area contributed by atoms with Crippen molar-refractivity contribution in [2.24, 2.45) is 0 Å². The van der Waals surface area contributed by atoms with E-state index in [9.17, 15) is 0 Å². The quantitative estimate of drug-likeness (QED) is 0.760. The zero-order valence-corrected chi connectivity index (χ0v) is 11.0. The molecule has 1 heteroatoms. The normalized spacial score (nSPS) is 19.4. The highest BCUT2D eigenvalue weighted by atomic mass is 14.9. The molecule has 1 aliphatic rings. The van der Waals surface area contributed by atoms with Gasteiger partial charge in [-0.15, -0.1) is 0 Å². The summed E-state index contributed by atoms with van der Waals surface area (Å²) in [6.45, 7) is 9.51. The number of rotatable bonds is 5. The monoisotopic (exact) mass is 229 g/mol. The van der Waals surface area contributed by atoms with Gasteiger partial charge in [-0.05, 0) is 31.9 Å². The third kappa shape index (κ3) is 2.16. The minimum atomic E-state index is 0.295. The molecular weight excluding hydrogens is 206 g/mol. The van der Waals surface area contributed by atoms with E-state index in [0.717, 1.165) is 6.54 Å². The standard InChI is InChI=1S/C16H23N/c1-4-17-15(13(2)3)16(11-8-12-16)14-9-6-5-7-10-14/h5-7,9-10,15,17H,2,4,8,11-12H2,1,3H3. The largest absolute Gasteiger partial charge is 0.310 e. The van der Waals surface area contributed by atoms with Gasteiger partial charge >= 0.3 is 0 Å². The molecule has 1 atom stereocenters. The molecule has 0 saturated heterocycles. The van der Waals surface area contributed by atoms with Gasteiger partial charge in [0.1, 0.15) is 0 Å². The van der Waals surface area contributed by atoms with Gasteiger partial charge in [0.05, 0.1) is 0 Å². The number of likely N-dealkylation sites (N-methyl/N-ethyl adjacent to an activating group) is 1. The second kappa shape index (κ2) is 5.05. The fourth-order valence-corrected chi connectivity index (χ4v) is 3.12. The van der Waals surface area contributed by atoms with E-state index in [1.807, 2.05) is 0 Å². The number of hydrogen-bond donors (Lipinski definition) is 1. The van der Waals surface area contributed by atoms with Crippen molar-refractivity contribution in [2.75, 3.05) is 6.54 Å². The molecule has 0 aromatic heterocycles. The average Bonchev–Trinajstić information content (AvgIpc) is 2.28. The maximum atomic E-state index is 4.19. The van der Waals surface area contributed by atoms with Crippen LogP contribution in [0.25, 0.3) is 0 Å². The van der Waals surface area contributed by atoms with Crippen molar-refractivity contribution >= 4 is 0 Å². The van der Waals surface area contributed by atoms with Crippen molar-refractivity contribution in [1.82, 2.24) is 5.32 Å². The lowest BCUT2D eigenvalue weighted by Gasteiger charge is -2.49. The molecule has 17 heavy (non-hydrogen) atoms. The summed E-state index contributed by atoms with van der Waals surface area (Å²) in [5.41, 5.74) is 3.03. The first-order chi connectivity index (χ1) is 8.20. The third-order valence-corrected chi connectivity index (χ3v) is 4.05. The lowest BCUT2D eigenvalue weighted by atomic mass is 9.59. The fraction of sp³-hybridized carbons (Fsp3) is 0.500. The van der Waals surface area contributed by atoms with Crippen LogP contribution >= 0.6 is 0 Å². The van der Waals surface area contributed by atoms with Gasteiger partial charge in [-0.1, -0.05) is 55.8 Å². The topological polar surface area (TPSA) is 12.0 Å². The number of nitrogens with one attached hydrogen (secondary N) is 1. The molecular formula is C16H23N. The van der Waals surface area contributed by atoms with Crippen LogP contribution in [-0.2, 0) is 5.41 Å². The van der Waals surface area contributed by atoms with Crippen molar-refractivity contribution in [3.63, 3.8) is 0 Å². The van der Waals surface area contributed by atoms with Crippen LogP contribution in [0, 0.1) is 0 Å². The summed E-state index contributed by atoms with van der Waals surface area (Å²) in [7, 11) is 0. The Labute approximate surface area is 105 Å². The molecule has 0 amide bonds. The zero-order valence-electron chi connectivity index (χ0n) is 11.0. The van der Waals surface area contributed by atoms with Gasteiger partial charge in [0.15, 0.2) is 0 Å². The van der Waals surface area contributed by atoms with Gasteiger partial charge in [0, 0.05) is 11.5 Å². The molecule has 0 spiro atoms. The molecule has 1 fully saturated rings. The van der Waals surface area contributed by atoms with Crippen LogP contribution in [0.2, 0.25) is 0 Å². The second-order valence-electron chi connectivity index (χ2n) is 5.21. The highest BCUT2D eigenvalue weighted by Crippen LogP contribution is 2.47. The molecule has 1 N–H and O–H groups in total. The van der Waals surface area contributed by atoms with Crippen LogP contribution in [-0.4, -0.2) is 12.6 Å². The second-order valence-corrected chi connectivity index (χ2v) is 5.21. The summed E-state index contributed by atoms with van der Waals surface area (Å²) in [4.78, 5) is 0. The van der Waals surface area contributed by atoms with Crippen LogP contribution in [0.5, 0.6) is 0 Å². The van der Waals surface area contributed by atoms with E-state index in [-0.39, 0.29) is 0 Å². The first-order valence-corrected chi connectivity index (χ1v) is 6.65. The average molecular weight is 229 g/mol. The Kier molecular flexibility index (Phi) is 3.68. The smallest absolute Gasteiger partial charge is 0.0371 e. The molecule has 0 bridgehead atoms. The SMILES string of the molecule is C=C(C)C(NCC)C1(c2ccccc2)CCC1. The van der Waals surface area contributed by atoms with Crippen molar-refractivity contribution in [1.29, 1.82) is 0 Å². The van der Waals surface area contributed by atoms with E-state index < -0.39 is 0 Å². The predicted molar refractivity (Wildman–Crippen MR) is 74.2 cm³/mol. The molecule has 1 nitrogen and oxygen atoms in total. The zero-order chi connectivity index (χ0) is 12.3. The summed E-state index contributed by atoms with van der Waals surface area (Å²) in [6.07, 6.45) is 3.90. The Morgan fingerprint density at radius 1 is 1.35 bits per heavy atom. The molecule has 1 unspecified atom stereocenters. The molecule has 0 radical (unpaired) electrons. The van der Waals surface area contributed by atoms with Crippen LogP contribution in [0.4, 0.5) is 0 Å². The molecule has 2 rings (SSSR count). The molecule has 92 valence electrons. The van der Waals surface area contributed by atoms with E-state index in [1.54, 1.807) is 0 Å². The van der Waals surface area contributed by atoms with Crippen LogP contribution in [0.3, 0.4) is 0 Å². The molecule has 1 aromatic rings. The summed E-state index contributed by atoms with van der Waals surface area (Å²) >= 11 is 0. The first kappa shape index (κ1) is 12.4. The minimum absolute atomic E-state index is 0.295. The Bertz CT molecular complexity index is 376. The summed E-state index contributed by atoms with van der Waals surface area (Å²) in [5.74, 6) is 0. The molecule has 1 aliphatic carbocycles. The van der Waals surface area contributed by atoms with Crippen LogP contribution < -0.4 is 5.32 Å². The molecule has 0 aliphatic heterocycles. The van der Waals surface area contributed by atoms with Gasteiger partial charge in [0.2, 0.25) is 0 Å². The molecule has 0 heterocycles. The van der Waals surface area contributed by atoms with Crippen LogP contribution in [0.1, 0.15) is 38.7 Å². The number of hydrogen-bond acceptors (Lipinski definition) is 1. The molecule has 1 aromatic carbocycles. The maximum Gasteiger partial charge on any atom is 0.0371 e. The van der Waals surface area contributed by atoms with Crippen molar-refractivity contribution in [3.8, 4) is 0 Å². The third-order valence-electron chi connectivity index (χ3n) is 4.05. The lowest BCUT2D eigenvalue weighted by molar-refractivity contribution is 0.190. The maximum absolute atomic E-state index is 4.19. The Balaban J connectivity index is 2.33. The Hall–Kier alpha value is -1.08. The molecule has 1 saturated carbocycles. The summed E-state index contributed by atoms with van der Waals surface area (Å²) in [5, 5.41) is 3.62. The van der Waals surface area contributed by atoms with Gasteiger partial charge in [-0.2, -0.15) is 0 Å². The summed E-state index contributed by atoms with van der Waals surface area (Å²) in [6, 6.07) is 11.4. The van der Waals surface area contributed by atoms with E-state index in [1.165, 1.54) is 30.4 Å². The summed E-state index contributed by atoms with van der Waals surface area (Å²) < 4.78 is 0. The van der Waals surface area contributed by atoms with Gasteiger partial charge in [0.25, 0.3) is 0 Å².